The Morgan fingerprint density at radius 2 is 1.87 bits per heavy atom. The molecule has 3 N–H and O–H groups in total. The molecule has 30 heavy (non-hydrogen) atoms. The number of hydrogen-bond acceptors (Lipinski definition) is 6. The van der Waals surface area contributed by atoms with Gasteiger partial charge < -0.3 is 20.3 Å². The number of anilines is 2. The number of carbonyl (C=O) groups excluding carboxylic acids is 1. The standard InChI is InChI=1S/C20H25FN4O4S/c1-29-13-10-23-20(26)18-14-16(4-7-19(18)25-11-8-22-9-12-25)24-30(27,28)17-5-2-15(21)3-6-17/h2-7,14,22,24H,8-13H2,1H3,(H,23,26). The molecule has 2 aromatic rings. The molecule has 10 heteroatoms. The molecule has 0 radical (unpaired) electrons. The van der Waals surface area contributed by atoms with Crippen molar-refractivity contribution in [2.24, 2.45) is 0 Å². The van der Waals surface area contributed by atoms with Crippen molar-refractivity contribution in [1.29, 1.82) is 0 Å². The molecule has 2 aromatic carbocycles. The Morgan fingerprint density at radius 3 is 2.53 bits per heavy atom. The van der Waals surface area contributed by atoms with Crippen molar-refractivity contribution in [3.63, 3.8) is 0 Å². The number of methoxy groups -OCH3 is 1. The molecule has 1 aliphatic heterocycles. The summed E-state index contributed by atoms with van der Waals surface area (Å²) in [5.41, 5.74) is 1.35. The van der Waals surface area contributed by atoms with E-state index in [0.717, 1.165) is 44.0 Å². The van der Waals surface area contributed by atoms with Crippen LogP contribution < -0.4 is 20.3 Å². The van der Waals surface area contributed by atoms with Crippen molar-refractivity contribution >= 4 is 27.3 Å². The number of halogens is 1. The van der Waals surface area contributed by atoms with Gasteiger partial charge in [-0.3, -0.25) is 9.52 Å². The van der Waals surface area contributed by atoms with Crippen LogP contribution >= 0.6 is 0 Å². The third-order valence-corrected chi connectivity index (χ3v) is 6.06. The first kappa shape index (κ1) is 22.0. The number of hydrogen-bond donors (Lipinski definition) is 3. The van der Waals surface area contributed by atoms with E-state index in [2.05, 4.69) is 20.3 Å². The fraction of sp³-hybridized carbons (Fsp3) is 0.350. The van der Waals surface area contributed by atoms with Crippen LogP contribution in [-0.2, 0) is 14.8 Å². The SMILES string of the molecule is COCCNC(=O)c1cc(NS(=O)(=O)c2ccc(F)cc2)ccc1N1CCNCC1. The predicted octanol–water partition coefficient (Wildman–Crippen LogP) is 1.41. The smallest absolute Gasteiger partial charge is 0.261 e. The van der Waals surface area contributed by atoms with Crippen LogP contribution in [0.1, 0.15) is 10.4 Å². The first-order valence-electron chi connectivity index (χ1n) is 9.56. The summed E-state index contributed by atoms with van der Waals surface area (Å²) >= 11 is 0. The van der Waals surface area contributed by atoms with Crippen LogP contribution in [0.3, 0.4) is 0 Å². The Kier molecular flexibility index (Phi) is 7.24. The Labute approximate surface area is 175 Å². The van der Waals surface area contributed by atoms with E-state index in [0.29, 0.717) is 18.7 Å². The molecule has 0 aliphatic carbocycles. The Morgan fingerprint density at radius 1 is 1.17 bits per heavy atom. The summed E-state index contributed by atoms with van der Waals surface area (Å²) in [6, 6.07) is 9.40. The van der Waals surface area contributed by atoms with Gasteiger partial charge in [-0.25, -0.2) is 12.8 Å². The summed E-state index contributed by atoms with van der Waals surface area (Å²) in [4.78, 5) is 14.8. The fourth-order valence-electron chi connectivity index (χ4n) is 3.15. The molecular weight excluding hydrogens is 411 g/mol. The van der Waals surface area contributed by atoms with Crippen LogP contribution in [0.15, 0.2) is 47.4 Å². The molecule has 8 nitrogen and oxygen atoms in total. The number of amides is 1. The number of ether oxygens (including phenoxy) is 1. The second kappa shape index (κ2) is 9.88. The molecule has 0 unspecified atom stereocenters. The molecule has 1 aliphatic rings. The van der Waals surface area contributed by atoms with E-state index >= 15 is 0 Å². The molecule has 0 bridgehead atoms. The number of rotatable bonds is 8. The van der Waals surface area contributed by atoms with Crippen LogP contribution in [0.5, 0.6) is 0 Å². The van der Waals surface area contributed by atoms with Crippen LogP contribution in [0.25, 0.3) is 0 Å². The number of carbonyl (C=O) groups is 1. The van der Waals surface area contributed by atoms with Gasteiger partial charge in [0.2, 0.25) is 0 Å². The van der Waals surface area contributed by atoms with Crippen molar-refractivity contribution in [3.8, 4) is 0 Å². The highest BCUT2D eigenvalue weighted by atomic mass is 32.2. The van der Waals surface area contributed by atoms with Gasteiger partial charge in [0.1, 0.15) is 5.82 Å². The molecule has 1 heterocycles. The van der Waals surface area contributed by atoms with E-state index in [9.17, 15) is 17.6 Å². The van der Waals surface area contributed by atoms with Gasteiger partial charge in [-0.1, -0.05) is 0 Å². The maximum Gasteiger partial charge on any atom is 0.261 e. The molecule has 1 amide bonds. The molecule has 0 aromatic heterocycles. The first-order valence-corrected chi connectivity index (χ1v) is 11.0. The van der Waals surface area contributed by atoms with Gasteiger partial charge in [-0.05, 0) is 42.5 Å². The summed E-state index contributed by atoms with van der Waals surface area (Å²) in [5.74, 6) is -0.840. The number of benzene rings is 2. The average molecular weight is 437 g/mol. The molecule has 1 fully saturated rings. The van der Waals surface area contributed by atoms with Gasteiger partial charge in [0.05, 0.1) is 17.1 Å². The Balaban J connectivity index is 1.88. The predicted molar refractivity (Wildman–Crippen MR) is 113 cm³/mol. The number of nitrogens with one attached hydrogen (secondary N) is 3. The van der Waals surface area contributed by atoms with E-state index in [4.69, 9.17) is 4.74 Å². The number of piperazine rings is 1. The highest BCUT2D eigenvalue weighted by molar-refractivity contribution is 7.92. The van der Waals surface area contributed by atoms with Crippen molar-refractivity contribution < 1.29 is 22.3 Å². The minimum absolute atomic E-state index is 0.0684. The molecule has 1 saturated heterocycles. The minimum atomic E-state index is -3.92. The lowest BCUT2D eigenvalue weighted by Crippen LogP contribution is -2.44. The molecule has 162 valence electrons. The molecule has 0 atom stereocenters. The van der Waals surface area contributed by atoms with E-state index in [1.54, 1.807) is 19.2 Å². The number of sulfonamides is 1. The van der Waals surface area contributed by atoms with Crippen molar-refractivity contribution in [2.75, 3.05) is 56.1 Å². The van der Waals surface area contributed by atoms with Crippen LogP contribution in [0, 0.1) is 5.82 Å². The average Bonchev–Trinajstić information content (AvgIpc) is 2.74. The summed E-state index contributed by atoms with van der Waals surface area (Å²) in [6.07, 6.45) is 0. The van der Waals surface area contributed by atoms with E-state index < -0.39 is 15.8 Å². The highest BCUT2D eigenvalue weighted by Gasteiger charge is 2.21. The maximum absolute atomic E-state index is 13.1. The second-order valence-corrected chi connectivity index (χ2v) is 8.46. The number of nitrogens with zero attached hydrogens (tertiary/aromatic N) is 1. The van der Waals surface area contributed by atoms with Gasteiger partial charge in [0, 0.05) is 51.2 Å². The van der Waals surface area contributed by atoms with Crippen molar-refractivity contribution in [1.82, 2.24) is 10.6 Å². The van der Waals surface area contributed by atoms with Crippen LogP contribution in [0.4, 0.5) is 15.8 Å². The third kappa shape index (κ3) is 5.47. The minimum Gasteiger partial charge on any atom is -0.383 e. The van der Waals surface area contributed by atoms with Gasteiger partial charge >= 0.3 is 0 Å². The van der Waals surface area contributed by atoms with Gasteiger partial charge in [0.25, 0.3) is 15.9 Å². The fourth-order valence-corrected chi connectivity index (χ4v) is 4.20. The topological polar surface area (TPSA) is 99.8 Å². The lowest BCUT2D eigenvalue weighted by atomic mass is 10.1. The Bertz CT molecular complexity index is 977. The van der Waals surface area contributed by atoms with Gasteiger partial charge in [-0.15, -0.1) is 0 Å². The van der Waals surface area contributed by atoms with E-state index in [-0.39, 0.29) is 16.5 Å². The van der Waals surface area contributed by atoms with Crippen LogP contribution in [-0.4, -0.2) is 60.8 Å². The van der Waals surface area contributed by atoms with Gasteiger partial charge in [0.15, 0.2) is 0 Å². The lowest BCUT2D eigenvalue weighted by molar-refractivity contribution is 0.0937. The molecule has 0 saturated carbocycles. The zero-order valence-electron chi connectivity index (χ0n) is 16.7. The zero-order chi connectivity index (χ0) is 21.6. The second-order valence-electron chi connectivity index (χ2n) is 6.78. The summed E-state index contributed by atoms with van der Waals surface area (Å²) in [7, 11) is -2.38. The van der Waals surface area contributed by atoms with E-state index in [1.807, 2.05) is 0 Å². The van der Waals surface area contributed by atoms with Crippen LogP contribution in [0.2, 0.25) is 0 Å². The highest BCUT2D eigenvalue weighted by Crippen LogP contribution is 2.26. The molecule has 3 rings (SSSR count). The van der Waals surface area contributed by atoms with E-state index in [1.165, 1.54) is 18.2 Å². The first-order chi connectivity index (χ1) is 14.4. The maximum atomic E-state index is 13.1. The summed E-state index contributed by atoms with van der Waals surface area (Å²) in [6.45, 7) is 3.76. The zero-order valence-corrected chi connectivity index (χ0v) is 17.5. The van der Waals surface area contributed by atoms with Crippen molar-refractivity contribution in [3.05, 3.63) is 53.8 Å². The monoisotopic (exact) mass is 436 g/mol. The Hall–Kier alpha value is -2.69. The summed E-state index contributed by atoms with van der Waals surface area (Å²) in [5, 5.41) is 6.04. The van der Waals surface area contributed by atoms with Crippen molar-refractivity contribution in [2.45, 2.75) is 4.90 Å². The summed E-state index contributed by atoms with van der Waals surface area (Å²) < 4.78 is 45.8. The largest absolute Gasteiger partial charge is 0.383 e. The quantitative estimate of drug-likeness (QED) is 0.541. The lowest BCUT2D eigenvalue weighted by Gasteiger charge is -2.31. The normalized spacial score (nSPS) is 14.4. The molecule has 0 spiro atoms. The third-order valence-electron chi connectivity index (χ3n) is 4.67. The molecular formula is C20H25FN4O4S. The van der Waals surface area contributed by atoms with Gasteiger partial charge in [-0.2, -0.15) is 0 Å².